The summed E-state index contributed by atoms with van der Waals surface area (Å²) in [5, 5.41) is 0. The molecule has 1 saturated heterocycles. The molecule has 1 aliphatic rings. The Morgan fingerprint density at radius 2 is 1.08 bits per heavy atom. The van der Waals surface area contributed by atoms with E-state index >= 15 is 0 Å². The van der Waals surface area contributed by atoms with Gasteiger partial charge in [-0.1, -0.05) is 56.0 Å². The molecule has 1 aliphatic heterocycles. The average Bonchev–Trinajstić information content (AvgIpc) is 2.20. The quantitative estimate of drug-likeness (QED) is 0.554. The number of hydrogen-bond acceptors (Lipinski definition) is 0. The third kappa shape index (κ3) is 2.85. The van der Waals surface area contributed by atoms with Crippen LogP contribution in [0.3, 0.4) is 0 Å². The summed E-state index contributed by atoms with van der Waals surface area (Å²) in [4.78, 5) is 0. The summed E-state index contributed by atoms with van der Waals surface area (Å²) >= 11 is 0. The first-order chi connectivity index (χ1) is 10.1. The van der Waals surface area contributed by atoms with Crippen LogP contribution >= 0.6 is 0 Å². The van der Waals surface area contributed by atoms with E-state index in [0.29, 0.717) is 0 Å². The number of rotatable bonds is 0. The standard InChI is InChI=1S/C9H24Si3/c1-10(2)7-11(3,4)9-12(5,6)8-10/h7-9H2,1-6H3/i1D3,2D3,3D3,4D3. The zero-order chi connectivity index (χ0) is 19.6. The Balaban J connectivity index is 3.80. The summed E-state index contributed by atoms with van der Waals surface area (Å²) in [7, 11) is -11.0. The van der Waals surface area contributed by atoms with E-state index in [2.05, 4.69) is 0 Å². The highest BCUT2D eigenvalue weighted by atomic mass is 28.5. The zero-order valence-electron chi connectivity index (χ0n) is 19.6. The maximum atomic E-state index is 7.90. The van der Waals surface area contributed by atoms with E-state index in [-0.39, 0.29) is 11.3 Å². The lowest BCUT2D eigenvalue weighted by atomic mass is 11.7. The van der Waals surface area contributed by atoms with E-state index in [1.165, 1.54) is 0 Å². The minimum absolute atomic E-state index is 0.0217. The van der Waals surface area contributed by atoms with Crippen molar-refractivity contribution in [3.8, 4) is 0 Å². The molecule has 0 aromatic rings. The van der Waals surface area contributed by atoms with E-state index in [1.54, 1.807) is 13.1 Å². The summed E-state index contributed by atoms with van der Waals surface area (Å²) in [5.74, 6) is 0. The monoisotopic (exact) mass is 228 g/mol. The van der Waals surface area contributed by atoms with Gasteiger partial charge in [0.15, 0.2) is 0 Å². The fourth-order valence-corrected chi connectivity index (χ4v) is 24.4. The van der Waals surface area contributed by atoms with Crippen LogP contribution in [0.15, 0.2) is 0 Å². The predicted molar refractivity (Wildman–Crippen MR) is 66.9 cm³/mol. The van der Waals surface area contributed by atoms with Crippen LogP contribution in [0, 0.1) is 0 Å². The topological polar surface area (TPSA) is 0 Å². The van der Waals surface area contributed by atoms with E-state index in [9.17, 15) is 0 Å². The molecule has 0 amide bonds. The SMILES string of the molecule is [2H]C([2H])([2H])[Si]1(C([2H])([2H])[2H])C[Si](C)(C)C[Si](C([2H])([2H])[2H])(C([2H])([2H])[2H])C1. The lowest BCUT2D eigenvalue weighted by Gasteiger charge is -2.46. The minimum atomic E-state index is -4.17. The highest BCUT2D eigenvalue weighted by Gasteiger charge is 2.45. The molecular formula is C9H24Si3. The first-order valence-corrected chi connectivity index (χ1v) is 12.4. The molecule has 0 unspecified atom stereocenters. The van der Waals surface area contributed by atoms with Gasteiger partial charge in [0.25, 0.3) is 0 Å². The van der Waals surface area contributed by atoms with Crippen molar-refractivity contribution in [3.63, 3.8) is 0 Å². The molecule has 72 valence electrons. The van der Waals surface area contributed by atoms with Crippen molar-refractivity contribution in [1.29, 1.82) is 0 Å². The van der Waals surface area contributed by atoms with Gasteiger partial charge in [-0.2, -0.15) is 0 Å². The smallest absolute Gasteiger partial charge is 0.0421 e. The van der Waals surface area contributed by atoms with Gasteiger partial charge < -0.3 is 0 Å². The highest BCUT2D eigenvalue weighted by Crippen LogP contribution is 2.39. The summed E-state index contributed by atoms with van der Waals surface area (Å²) in [6.07, 6.45) is 0. The Morgan fingerprint density at radius 1 is 0.750 bits per heavy atom. The van der Waals surface area contributed by atoms with Gasteiger partial charge in [0.2, 0.25) is 0 Å². The van der Waals surface area contributed by atoms with Crippen LogP contribution in [0.25, 0.3) is 0 Å². The van der Waals surface area contributed by atoms with Crippen LogP contribution in [-0.2, 0) is 0 Å². The van der Waals surface area contributed by atoms with Crippen LogP contribution in [0.4, 0.5) is 0 Å². The van der Waals surface area contributed by atoms with Gasteiger partial charge in [0.05, 0.1) is 0 Å². The Morgan fingerprint density at radius 3 is 1.42 bits per heavy atom. The fourth-order valence-electron chi connectivity index (χ4n) is 2.34. The molecule has 3 heteroatoms. The van der Waals surface area contributed by atoms with Crippen LogP contribution in [-0.4, -0.2) is 24.2 Å². The van der Waals surface area contributed by atoms with Gasteiger partial charge in [-0.05, 0) is 0 Å². The zero-order valence-corrected chi connectivity index (χ0v) is 10.6. The average molecular weight is 229 g/mol. The molecule has 1 heterocycles. The normalized spacial score (nSPS) is 50.5. The molecule has 0 aromatic heterocycles. The van der Waals surface area contributed by atoms with Crippen molar-refractivity contribution in [2.24, 2.45) is 0 Å². The Hall–Kier alpha value is 0.651. The van der Waals surface area contributed by atoms with Gasteiger partial charge >= 0.3 is 0 Å². The largest absolute Gasteiger partial charge is 0.0698 e. The molecule has 1 fully saturated rings. The van der Waals surface area contributed by atoms with Crippen LogP contribution in [0.2, 0.25) is 56.0 Å². The molecule has 1 rings (SSSR count). The van der Waals surface area contributed by atoms with Crippen molar-refractivity contribution >= 4 is 24.2 Å². The van der Waals surface area contributed by atoms with Gasteiger partial charge in [0, 0.05) is 40.7 Å². The maximum absolute atomic E-state index is 7.90. The maximum Gasteiger partial charge on any atom is 0.0421 e. The minimum Gasteiger partial charge on any atom is -0.0698 e. The van der Waals surface area contributed by atoms with Crippen LogP contribution in [0.1, 0.15) is 16.4 Å². The Kier molecular flexibility index (Phi) is 0.664. The third-order valence-electron chi connectivity index (χ3n) is 2.16. The second-order valence-corrected chi connectivity index (χ2v) is 17.8. The summed E-state index contributed by atoms with van der Waals surface area (Å²) in [5.41, 5.74) is -0.557. The Labute approximate surface area is 97.7 Å². The third-order valence-corrected chi connectivity index (χ3v) is 19.5. The molecule has 0 aromatic carbocycles. The lowest BCUT2D eigenvalue weighted by Crippen LogP contribution is -2.55. The lowest BCUT2D eigenvalue weighted by molar-refractivity contribution is 1.34. The molecule has 0 nitrogen and oxygen atoms in total. The van der Waals surface area contributed by atoms with Gasteiger partial charge in [-0.15, -0.1) is 0 Å². The number of hydrogen-bond donors (Lipinski definition) is 0. The highest BCUT2D eigenvalue weighted by molar-refractivity contribution is 7.12. The second kappa shape index (κ2) is 2.82. The molecule has 0 atom stereocenters. The summed E-state index contributed by atoms with van der Waals surface area (Å²) in [6, 6.07) is 0. The van der Waals surface area contributed by atoms with Gasteiger partial charge in [-0.3, -0.25) is 0 Å². The molecule has 0 spiro atoms. The van der Waals surface area contributed by atoms with Crippen molar-refractivity contribution in [2.45, 2.75) is 56.0 Å². The van der Waals surface area contributed by atoms with Crippen molar-refractivity contribution in [3.05, 3.63) is 0 Å². The van der Waals surface area contributed by atoms with Gasteiger partial charge in [-0.25, -0.2) is 0 Å². The first kappa shape index (κ1) is 2.83. The van der Waals surface area contributed by atoms with Crippen LogP contribution in [0.5, 0.6) is 0 Å². The van der Waals surface area contributed by atoms with E-state index in [4.69, 9.17) is 16.4 Å². The molecule has 12 heavy (non-hydrogen) atoms. The van der Waals surface area contributed by atoms with Crippen molar-refractivity contribution < 1.29 is 16.4 Å². The van der Waals surface area contributed by atoms with Crippen molar-refractivity contribution in [2.75, 3.05) is 0 Å². The molecular weight excluding hydrogens is 192 g/mol. The fraction of sp³-hybridized carbons (Fsp3) is 1.00. The van der Waals surface area contributed by atoms with Gasteiger partial charge in [0.1, 0.15) is 0 Å². The first-order valence-electron chi connectivity index (χ1n) is 10.1. The molecule has 0 radical (unpaired) electrons. The summed E-state index contributed by atoms with van der Waals surface area (Å²) in [6.45, 7) is -7.75. The summed E-state index contributed by atoms with van der Waals surface area (Å²) < 4.78 is 94.9. The van der Waals surface area contributed by atoms with E-state index in [0.717, 1.165) is 0 Å². The second-order valence-electron chi connectivity index (χ2n) is 4.86. The van der Waals surface area contributed by atoms with Crippen LogP contribution < -0.4 is 0 Å². The van der Waals surface area contributed by atoms with E-state index in [1.807, 2.05) is 0 Å². The van der Waals surface area contributed by atoms with Crippen molar-refractivity contribution in [1.82, 2.24) is 0 Å². The Bertz CT molecular complexity index is 412. The molecule has 0 aliphatic carbocycles. The molecule has 0 N–H and O–H groups in total. The molecule has 0 bridgehead atoms. The van der Waals surface area contributed by atoms with E-state index < -0.39 is 55.8 Å². The molecule has 0 saturated carbocycles. The predicted octanol–water partition coefficient (Wildman–Crippen LogP) is 3.74.